The predicted molar refractivity (Wildman–Crippen MR) is 70.1 cm³/mol. The average Bonchev–Trinajstić information content (AvgIpc) is 2.31. The van der Waals surface area contributed by atoms with Crippen LogP contribution in [0.4, 0.5) is 17.1 Å². The average molecular weight is 243 g/mol. The van der Waals surface area contributed by atoms with Crippen LogP contribution >= 0.6 is 0 Å². The third kappa shape index (κ3) is 2.57. The number of anilines is 3. The second kappa shape index (κ2) is 4.75. The zero-order chi connectivity index (χ0) is 13.1. The van der Waals surface area contributed by atoms with Crippen LogP contribution in [0.25, 0.3) is 0 Å². The van der Waals surface area contributed by atoms with Crippen molar-refractivity contribution in [1.29, 1.82) is 0 Å². The van der Waals surface area contributed by atoms with Gasteiger partial charge in [0, 0.05) is 6.20 Å². The molecule has 2 rings (SSSR count). The Morgan fingerprint density at radius 1 is 1.33 bits per heavy atom. The molecule has 0 amide bonds. The normalized spacial score (nSPS) is 10.1. The predicted octanol–water partition coefficient (Wildman–Crippen LogP) is 2.41. The fraction of sp³-hybridized carbons (Fsp3) is 0.0769. The van der Waals surface area contributed by atoms with Gasteiger partial charge in [-0.1, -0.05) is 0 Å². The summed E-state index contributed by atoms with van der Waals surface area (Å²) in [5.74, 6) is -0.986. The van der Waals surface area contributed by atoms with E-state index in [1.807, 2.05) is 13.0 Å². The van der Waals surface area contributed by atoms with Gasteiger partial charge in [0.25, 0.3) is 0 Å². The molecule has 5 heteroatoms. The molecule has 0 atom stereocenters. The maximum Gasteiger partial charge on any atom is 0.335 e. The van der Waals surface area contributed by atoms with E-state index in [0.717, 1.165) is 11.3 Å². The van der Waals surface area contributed by atoms with Crippen LogP contribution in [0.15, 0.2) is 36.7 Å². The Balaban J connectivity index is 2.33. The number of rotatable bonds is 3. The number of hydrogen-bond donors (Lipinski definition) is 3. The SMILES string of the molecule is Cc1cncc(Nc2cc(C(=O)O)ccc2N)c1. The zero-order valence-electron chi connectivity index (χ0n) is 9.84. The molecule has 1 aromatic heterocycles. The van der Waals surface area contributed by atoms with E-state index in [1.165, 1.54) is 12.1 Å². The molecule has 5 nitrogen and oxygen atoms in total. The smallest absolute Gasteiger partial charge is 0.335 e. The van der Waals surface area contributed by atoms with Gasteiger partial charge in [0.15, 0.2) is 0 Å². The molecule has 18 heavy (non-hydrogen) atoms. The number of aromatic carboxylic acids is 1. The van der Waals surface area contributed by atoms with Crippen LogP contribution in [0.1, 0.15) is 15.9 Å². The molecular formula is C13H13N3O2. The number of benzene rings is 1. The van der Waals surface area contributed by atoms with Gasteiger partial charge >= 0.3 is 5.97 Å². The molecule has 0 aliphatic heterocycles. The number of aryl methyl sites for hydroxylation is 1. The summed E-state index contributed by atoms with van der Waals surface area (Å²) in [7, 11) is 0. The van der Waals surface area contributed by atoms with E-state index >= 15 is 0 Å². The lowest BCUT2D eigenvalue weighted by atomic mass is 10.1. The number of carboxylic acids is 1. The molecular weight excluding hydrogens is 230 g/mol. The third-order valence-corrected chi connectivity index (χ3v) is 2.45. The maximum absolute atomic E-state index is 10.9. The van der Waals surface area contributed by atoms with Crippen molar-refractivity contribution in [2.45, 2.75) is 6.92 Å². The minimum absolute atomic E-state index is 0.187. The lowest BCUT2D eigenvalue weighted by Crippen LogP contribution is -2.01. The Hall–Kier alpha value is -2.56. The molecule has 0 aliphatic carbocycles. The number of nitrogens with zero attached hydrogens (tertiary/aromatic N) is 1. The molecule has 0 fully saturated rings. The van der Waals surface area contributed by atoms with Crippen LogP contribution in [0.3, 0.4) is 0 Å². The van der Waals surface area contributed by atoms with E-state index in [4.69, 9.17) is 10.8 Å². The first-order valence-corrected chi connectivity index (χ1v) is 5.38. The van der Waals surface area contributed by atoms with Gasteiger partial charge in [-0.2, -0.15) is 0 Å². The van der Waals surface area contributed by atoms with Crippen LogP contribution < -0.4 is 11.1 Å². The number of nitrogen functional groups attached to an aromatic ring is 1. The first-order chi connectivity index (χ1) is 8.56. The second-order valence-electron chi connectivity index (χ2n) is 3.98. The second-order valence-corrected chi connectivity index (χ2v) is 3.98. The number of aromatic nitrogens is 1. The van der Waals surface area contributed by atoms with E-state index in [0.29, 0.717) is 11.4 Å². The molecule has 2 aromatic rings. The fourth-order valence-corrected chi connectivity index (χ4v) is 1.58. The van der Waals surface area contributed by atoms with Crippen LogP contribution in [0.2, 0.25) is 0 Å². The molecule has 0 radical (unpaired) electrons. The van der Waals surface area contributed by atoms with E-state index < -0.39 is 5.97 Å². The van der Waals surface area contributed by atoms with Crippen LogP contribution in [-0.2, 0) is 0 Å². The highest BCUT2D eigenvalue weighted by Gasteiger charge is 2.07. The summed E-state index contributed by atoms with van der Waals surface area (Å²) in [5.41, 5.74) is 8.81. The quantitative estimate of drug-likeness (QED) is 0.720. The van der Waals surface area contributed by atoms with E-state index in [1.54, 1.807) is 18.5 Å². The van der Waals surface area contributed by atoms with E-state index in [-0.39, 0.29) is 5.56 Å². The summed E-state index contributed by atoms with van der Waals surface area (Å²) in [6.45, 7) is 1.93. The molecule has 0 saturated heterocycles. The molecule has 0 bridgehead atoms. The van der Waals surface area contributed by atoms with Crippen molar-refractivity contribution >= 4 is 23.0 Å². The highest BCUT2D eigenvalue weighted by molar-refractivity contribution is 5.91. The Morgan fingerprint density at radius 2 is 2.11 bits per heavy atom. The van der Waals surface area contributed by atoms with Crippen molar-refractivity contribution in [1.82, 2.24) is 4.98 Å². The van der Waals surface area contributed by atoms with Crippen molar-refractivity contribution in [2.75, 3.05) is 11.1 Å². The van der Waals surface area contributed by atoms with Crippen LogP contribution in [0.5, 0.6) is 0 Å². The Labute approximate surface area is 104 Å². The van der Waals surface area contributed by atoms with E-state index in [2.05, 4.69) is 10.3 Å². The lowest BCUT2D eigenvalue weighted by Gasteiger charge is -2.10. The first kappa shape index (κ1) is 11.9. The van der Waals surface area contributed by atoms with Gasteiger partial charge in [0.1, 0.15) is 0 Å². The molecule has 0 saturated carbocycles. The standard InChI is InChI=1S/C13H13N3O2/c1-8-4-10(7-15-6-8)16-12-5-9(13(17)18)2-3-11(12)14/h2-7,16H,14H2,1H3,(H,17,18). The Bertz CT molecular complexity index is 597. The van der Waals surface area contributed by atoms with Crippen molar-refractivity contribution < 1.29 is 9.90 Å². The summed E-state index contributed by atoms with van der Waals surface area (Å²) in [6, 6.07) is 6.44. The Morgan fingerprint density at radius 3 is 2.78 bits per heavy atom. The highest BCUT2D eigenvalue weighted by Crippen LogP contribution is 2.24. The monoisotopic (exact) mass is 243 g/mol. The van der Waals surface area contributed by atoms with Crippen molar-refractivity contribution in [3.05, 3.63) is 47.8 Å². The third-order valence-electron chi connectivity index (χ3n) is 2.45. The van der Waals surface area contributed by atoms with Crippen molar-refractivity contribution in [3.8, 4) is 0 Å². The summed E-state index contributed by atoms with van der Waals surface area (Å²) in [5, 5.41) is 12.0. The topological polar surface area (TPSA) is 88.2 Å². The molecule has 4 N–H and O–H groups in total. The van der Waals surface area contributed by atoms with Crippen LogP contribution in [0, 0.1) is 6.92 Å². The largest absolute Gasteiger partial charge is 0.478 e. The lowest BCUT2D eigenvalue weighted by molar-refractivity contribution is 0.0697. The number of carboxylic acid groups (broad SMARTS) is 1. The number of carbonyl (C=O) groups is 1. The summed E-state index contributed by atoms with van der Waals surface area (Å²) in [4.78, 5) is 14.9. The first-order valence-electron chi connectivity index (χ1n) is 5.38. The minimum atomic E-state index is -0.986. The Kier molecular flexibility index (Phi) is 3.14. The number of pyridine rings is 1. The molecule has 1 aromatic carbocycles. The van der Waals surface area contributed by atoms with E-state index in [9.17, 15) is 4.79 Å². The van der Waals surface area contributed by atoms with Crippen molar-refractivity contribution in [2.24, 2.45) is 0 Å². The highest BCUT2D eigenvalue weighted by atomic mass is 16.4. The fourth-order valence-electron chi connectivity index (χ4n) is 1.58. The van der Waals surface area contributed by atoms with Gasteiger partial charge in [0.05, 0.1) is 28.8 Å². The van der Waals surface area contributed by atoms with Gasteiger partial charge in [-0.15, -0.1) is 0 Å². The summed E-state index contributed by atoms with van der Waals surface area (Å²) in [6.07, 6.45) is 3.39. The number of nitrogens with two attached hydrogens (primary N) is 1. The summed E-state index contributed by atoms with van der Waals surface area (Å²) >= 11 is 0. The van der Waals surface area contributed by atoms with Gasteiger partial charge in [-0.3, -0.25) is 4.98 Å². The van der Waals surface area contributed by atoms with Gasteiger partial charge < -0.3 is 16.2 Å². The molecule has 0 aliphatic rings. The van der Waals surface area contributed by atoms with Gasteiger partial charge in [0.2, 0.25) is 0 Å². The van der Waals surface area contributed by atoms with Crippen molar-refractivity contribution in [3.63, 3.8) is 0 Å². The number of hydrogen-bond acceptors (Lipinski definition) is 4. The molecule has 0 unspecified atom stereocenters. The zero-order valence-corrected chi connectivity index (χ0v) is 9.84. The molecule has 0 spiro atoms. The molecule has 92 valence electrons. The van der Waals surface area contributed by atoms with Gasteiger partial charge in [-0.05, 0) is 36.8 Å². The summed E-state index contributed by atoms with van der Waals surface area (Å²) < 4.78 is 0. The number of nitrogens with one attached hydrogen (secondary N) is 1. The van der Waals surface area contributed by atoms with Crippen LogP contribution in [-0.4, -0.2) is 16.1 Å². The minimum Gasteiger partial charge on any atom is -0.478 e. The maximum atomic E-state index is 10.9. The molecule has 1 heterocycles. The van der Waals surface area contributed by atoms with Gasteiger partial charge in [-0.25, -0.2) is 4.79 Å².